The van der Waals surface area contributed by atoms with Gasteiger partial charge in [-0.25, -0.2) is 22.4 Å². The highest BCUT2D eigenvalue weighted by atomic mass is 35.5. The van der Waals surface area contributed by atoms with Crippen LogP contribution in [-0.4, -0.2) is 114 Å². The minimum atomic E-state index is -1.15. The number of aryl methyl sites for hydroxylation is 1. The van der Waals surface area contributed by atoms with Crippen molar-refractivity contribution in [3.8, 4) is 22.6 Å². The van der Waals surface area contributed by atoms with Crippen molar-refractivity contribution in [3.63, 3.8) is 0 Å². The molecule has 5 aliphatic rings. The van der Waals surface area contributed by atoms with Crippen LogP contribution >= 0.6 is 11.6 Å². The number of nitrogens with two attached hydrogens (primary N) is 1. The molecule has 5 heterocycles. The molecule has 1 saturated carbocycles. The molecule has 5 aromatic rings. The summed E-state index contributed by atoms with van der Waals surface area (Å²) in [6.45, 7) is 4.60. The van der Waals surface area contributed by atoms with Crippen molar-refractivity contribution < 1.29 is 51.3 Å². The number of ether oxygens (including phenoxy) is 2. The standard InChI is InChI=1S/C53H57ClF4N8O7/c1-28-41-39(23-37(56)45(54)44(41)43-34(49(59)69)12-13-38(46(43)57)72-21-20-67)73-53(28,32-6-4-3-5-7-32)27-60-33-10-8-30(9-11-33)51(70)65-18-14-29(25-65)24-64-17-15-31(26-64)42-36(55)22-35-48(47(42)58)63(2)62-50(35)66-19-16-40(68)61-52(66)71/h3-7,12-13,22-23,28-31,33,60,67H,8-11,14-21,24-27H2,1-2H3,(H2,59,69)(H,61,68,71)/t28-,29+,30?,31-,33?,53-/m0/s1. The molecule has 4 aliphatic heterocycles. The molecule has 73 heavy (non-hydrogen) atoms. The number of aliphatic hydroxyl groups is 1. The van der Waals surface area contributed by atoms with Crippen molar-refractivity contribution >= 4 is 52.1 Å². The lowest BCUT2D eigenvalue weighted by molar-refractivity contribution is -0.135. The van der Waals surface area contributed by atoms with E-state index in [0.29, 0.717) is 70.4 Å². The van der Waals surface area contributed by atoms with E-state index in [1.165, 1.54) is 33.8 Å². The number of nitrogens with one attached hydrogen (secondary N) is 2. The Morgan fingerprint density at radius 1 is 0.945 bits per heavy atom. The topological polar surface area (TPSA) is 185 Å². The lowest BCUT2D eigenvalue weighted by Gasteiger charge is -2.37. The van der Waals surface area contributed by atoms with Crippen LogP contribution in [0, 0.1) is 35.1 Å². The van der Waals surface area contributed by atoms with Gasteiger partial charge >= 0.3 is 6.03 Å². The van der Waals surface area contributed by atoms with E-state index in [2.05, 4.69) is 20.6 Å². The zero-order valence-corrected chi connectivity index (χ0v) is 41.3. The number of urea groups is 1. The van der Waals surface area contributed by atoms with Crippen LogP contribution in [0.2, 0.25) is 5.02 Å². The van der Waals surface area contributed by atoms with Crippen LogP contribution in [0.3, 0.4) is 0 Å². The largest absolute Gasteiger partial charge is 0.488 e. The number of carbonyl (C=O) groups is 4. The lowest BCUT2D eigenvalue weighted by Crippen LogP contribution is -2.49. The predicted molar refractivity (Wildman–Crippen MR) is 263 cm³/mol. The third-order valence-electron chi connectivity index (χ3n) is 15.8. The Labute approximate surface area is 423 Å². The Morgan fingerprint density at radius 2 is 1.71 bits per heavy atom. The molecule has 0 bridgehead atoms. The molecule has 4 fully saturated rings. The summed E-state index contributed by atoms with van der Waals surface area (Å²) in [5.74, 6) is -5.53. The van der Waals surface area contributed by atoms with Crippen LogP contribution in [0.5, 0.6) is 11.5 Å². The third-order valence-corrected chi connectivity index (χ3v) is 16.1. The van der Waals surface area contributed by atoms with Gasteiger partial charge in [-0.2, -0.15) is 5.10 Å². The molecule has 1 aromatic heterocycles. The maximum Gasteiger partial charge on any atom is 0.329 e. The predicted octanol–water partition coefficient (Wildman–Crippen LogP) is 7.24. The molecule has 15 nitrogen and oxygen atoms in total. The summed E-state index contributed by atoms with van der Waals surface area (Å²) in [6, 6.07) is 13.7. The number of nitrogens with zero attached hydrogens (tertiary/aromatic N) is 5. The van der Waals surface area contributed by atoms with Gasteiger partial charge in [-0.15, -0.1) is 0 Å². The average molecular weight is 1030 g/mol. The normalized spacial score (nSPS) is 24.3. The summed E-state index contributed by atoms with van der Waals surface area (Å²) in [6.07, 6.45) is 4.18. The maximum atomic E-state index is 16.5. The molecule has 0 radical (unpaired) electrons. The van der Waals surface area contributed by atoms with E-state index in [-0.39, 0.29) is 100 Å². The van der Waals surface area contributed by atoms with E-state index >= 15 is 17.6 Å². The molecule has 5 amide bonds. The monoisotopic (exact) mass is 1030 g/mol. The van der Waals surface area contributed by atoms with Crippen molar-refractivity contribution in [1.29, 1.82) is 0 Å². The highest BCUT2D eigenvalue weighted by Crippen LogP contribution is 2.56. The SMILES string of the molecule is C[C@H]1c2c(cc(F)c(Cl)c2-c2c(C(N)=O)ccc(OCCO)c2F)O[C@]1(CNC1CCC(C(=O)N2CC[C@H](CN3CC[C@H](c4c(F)cc5c(N6CCC(=O)NC6=O)nn(C)c5c4F)C3)C2)CC1)c1ccccc1. The second kappa shape index (κ2) is 20.2. The molecule has 4 atom stereocenters. The zero-order valence-electron chi connectivity index (χ0n) is 40.5. The van der Waals surface area contributed by atoms with Crippen LogP contribution in [-0.2, 0) is 22.2 Å². The summed E-state index contributed by atoms with van der Waals surface area (Å²) in [7, 11) is 1.54. The molecule has 20 heteroatoms. The van der Waals surface area contributed by atoms with Crippen LogP contribution < -0.4 is 30.7 Å². The van der Waals surface area contributed by atoms with Gasteiger partial charge in [0.05, 0.1) is 22.6 Å². The molecular weight excluding hydrogens is 972 g/mol. The first-order valence-electron chi connectivity index (χ1n) is 24.9. The second-order valence-electron chi connectivity index (χ2n) is 20.1. The molecule has 0 unspecified atom stereocenters. The zero-order chi connectivity index (χ0) is 51.5. The Balaban J connectivity index is 0.774. The summed E-state index contributed by atoms with van der Waals surface area (Å²) in [5, 5.41) is 19.4. The Morgan fingerprint density at radius 3 is 2.44 bits per heavy atom. The quantitative estimate of drug-likeness (QED) is 0.0827. The number of amides is 5. The Bertz CT molecular complexity index is 3010. The van der Waals surface area contributed by atoms with Crippen LogP contribution in [0.25, 0.3) is 22.0 Å². The van der Waals surface area contributed by atoms with Gasteiger partial charge in [0.2, 0.25) is 17.7 Å². The van der Waals surface area contributed by atoms with E-state index in [1.54, 1.807) is 7.05 Å². The fraction of sp³-hybridized carbons (Fsp3) is 0.453. The summed E-state index contributed by atoms with van der Waals surface area (Å²) < 4.78 is 78.1. The van der Waals surface area contributed by atoms with E-state index in [9.17, 15) is 24.3 Å². The van der Waals surface area contributed by atoms with Gasteiger partial charge in [0.1, 0.15) is 29.5 Å². The number of aromatic nitrogens is 2. The minimum absolute atomic E-state index is 0.00298. The van der Waals surface area contributed by atoms with Crippen molar-refractivity contribution in [2.75, 3.05) is 63.9 Å². The number of hydrogen-bond acceptors (Lipinski definition) is 10. The number of rotatable bonds is 14. The van der Waals surface area contributed by atoms with Gasteiger partial charge in [0.25, 0.3) is 0 Å². The van der Waals surface area contributed by atoms with Crippen molar-refractivity contribution in [2.24, 2.45) is 24.6 Å². The van der Waals surface area contributed by atoms with E-state index < -0.39 is 70.2 Å². The van der Waals surface area contributed by atoms with Gasteiger partial charge < -0.3 is 35.4 Å². The number of fused-ring (bicyclic) bond motifs is 2. The Hall–Kier alpha value is -6.28. The number of anilines is 1. The van der Waals surface area contributed by atoms with E-state index in [1.807, 2.05) is 42.2 Å². The highest BCUT2D eigenvalue weighted by molar-refractivity contribution is 6.34. The maximum absolute atomic E-state index is 16.5. The molecule has 386 valence electrons. The van der Waals surface area contributed by atoms with Crippen molar-refractivity contribution in [2.45, 2.75) is 75.3 Å². The van der Waals surface area contributed by atoms with E-state index in [0.717, 1.165) is 12.0 Å². The van der Waals surface area contributed by atoms with E-state index in [4.69, 9.17) is 26.8 Å². The van der Waals surface area contributed by atoms with Crippen LogP contribution in [0.1, 0.15) is 90.8 Å². The van der Waals surface area contributed by atoms with Crippen molar-refractivity contribution in [1.82, 2.24) is 30.2 Å². The first-order chi connectivity index (χ1) is 35.1. The third kappa shape index (κ3) is 9.16. The smallest absolute Gasteiger partial charge is 0.329 e. The van der Waals surface area contributed by atoms with Crippen molar-refractivity contribution in [3.05, 3.63) is 105 Å². The fourth-order valence-corrected chi connectivity index (χ4v) is 12.3. The fourth-order valence-electron chi connectivity index (χ4n) is 12.1. The minimum Gasteiger partial charge on any atom is -0.488 e. The highest BCUT2D eigenvalue weighted by Gasteiger charge is 2.50. The molecule has 0 spiro atoms. The van der Waals surface area contributed by atoms with Gasteiger partial charge in [0, 0.05) is 105 Å². The van der Waals surface area contributed by atoms with Gasteiger partial charge in [-0.1, -0.05) is 48.9 Å². The summed E-state index contributed by atoms with van der Waals surface area (Å²) >= 11 is 6.71. The van der Waals surface area contributed by atoms with Gasteiger partial charge in [-0.3, -0.25) is 29.3 Å². The molecule has 5 N–H and O–H groups in total. The summed E-state index contributed by atoms with van der Waals surface area (Å²) in [4.78, 5) is 56.5. The van der Waals surface area contributed by atoms with Crippen LogP contribution in [0.15, 0.2) is 54.6 Å². The number of aliphatic hydroxyl groups excluding tert-OH is 1. The number of benzene rings is 4. The first kappa shape index (κ1) is 50.3. The van der Waals surface area contributed by atoms with Gasteiger partial charge in [-0.05, 0) is 74.8 Å². The molecule has 10 rings (SSSR count). The average Bonchev–Trinajstić information content (AvgIpc) is 4.17. The number of primary amides is 1. The van der Waals surface area contributed by atoms with Gasteiger partial charge in [0.15, 0.2) is 28.8 Å². The second-order valence-corrected chi connectivity index (χ2v) is 20.5. The number of carbonyl (C=O) groups excluding carboxylic acids is 4. The first-order valence-corrected chi connectivity index (χ1v) is 25.3. The molecule has 1 aliphatic carbocycles. The lowest BCUT2D eigenvalue weighted by atomic mass is 9.77. The molecule has 3 saturated heterocycles. The number of likely N-dealkylation sites (tertiary alicyclic amines) is 2. The Kier molecular flexibility index (Phi) is 13.9. The summed E-state index contributed by atoms with van der Waals surface area (Å²) in [5.41, 5.74) is 5.20. The number of imide groups is 1. The van der Waals surface area contributed by atoms with Crippen LogP contribution in [0.4, 0.5) is 28.2 Å². The molecule has 4 aromatic carbocycles. The number of halogens is 5. The number of hydrogen-bond donors (Lipinski definition) is 4. The molecular formula is C53H57ClF4N8O7.